The molecule has 0 aromatic carbocycles. The minimum absolute atomic E-state index is 0.137. The minimum atomic E-state index is -2.87. The Kier molecular flexibility index (Phi) is 3.91. The molecule has 0 unspecified atom stereocenters. The Labute approximate surface area is 74.7 Å². The fourth-order valence-corrected chi connectivity index (χ4v) is 3.45. The summed E-state index contributed by atoms with van der Waals surface area (Å²) in [6, 6.07) is 0. The van der Waals surface area contributed by atoms with Crippen molar-refractivity contribution in [3.05, 3.63) is 0 Å². The average molecular weight is 196 g/mol. The lowest BCUT2D eigenvalue weighted by Crippen LogP contribution is -2.23. The van der Waals surface area contributed by atoms with Crippen LogP contribution in [0.5, 0.6) is 0 Å². The van der Waals surface area contributed by atoms with Crippen molar-refractivity contribution in [1.29, 1.82) is 0 Å². The molecule has 0 aliphatic heterocycles. The molecule has 2 nitrogen and oxygen atoms in total. The molecule has 0 N–H and O–H groups in total. The molecule has 0 atom stereocenters. The smallest absolute Gasteiger partial charge is 0.151 e. The van der Waals surface area contributed by atoms with E-state index in [0.29, 0.717) is 5.75 Å². The molecule has 0 saturated carbocycles. The van der Waals surface area contributed by atoms with Crippen LogP contribution < -0.4 is 0 Å². The number of sulfone groups is 1. The van der Waals surface area contributed by atoms with E-state index in [4.69, 9.17) is 0 Å². The molecular formula is C7H16O2S2. The molecule has 0 spiro atoms. The van der Waals surface area contributed by atoms with E-state index in [1.165, 1.54) is 0 Å². The molecule has 0 heterocycles. The van der Waals surface area contributed by atoms with E-state index >= 15 is 0 Å². The Bertz CT molecular complexity index is 199. The molecule has 0 aromatic heterocycles. The fraction of sp³-hybridized carbons (Fsp3) is 1.00. The molecule has 0 aromatic rings. The SMILES string of the molecule is CC(C)(C)CS(=O)(=O)CCS. The highest BCUT2D eigenvalue weighted by molar-refractivity contribution is 7.92. The van der Waals surface area contributed by atoms with E-state index in [1.807, 2.05) is 20.8 Å². The summed E-state index contributed by atoms with van der Waals surface area (Å²) < 4.78 is 22.4. The van der Waals surface area contributed by atoms with E-state index < -0.39 is 9.84 Å². The number of hydrogen-bond donors (Lipinski definition) is 1. The van der Waals surface area contributed by atoms with Gasteiger partial charge >= 0.3 is 0 Å². The van der Waals surface area contributed by atoms with Gasteiger partial charge in [-0.25, -0.2) is 8.42 Å². The topological polar surface area (TPSA) is 34.1 Å². The molecule has 0 radical (unpaired) electrons. The van der Waals surface area contributed by atoms with Crippen LogP contribution in [0.15, 0.2) is 0 Å². The molecule has 0 amide bonds. The summed E-state index contributed by atoms with van der Waals surface area (Å²) in [7, 11) is -2.87. The second-order valence-corrected chi connectivity index (χ2v) is 6.51. The molecule has 68 valence electrons. The maximum absolute atomic E-state index is 11.2. The highest BCUT2D eigenvalue weighted by Crippen LogP contribution is 2.16. The highest BCUT2D eigenvalue weighted by atomic mass is 32.2. The Morgan fingerprint density at radius 3 is 2.00 bits per heavy atom. The summed E-state index contributed by atoms with van der Waals surface area (Å²) >= 11 is 3.88. The number of rotatable bonds is 3. The number of thiol groups is 1. The van der Waals surface area contributed by atoms with Crippen LogP contribution in [0.4, 0.5) is 0 Å². The predicted octanol–water partition coefficient (Wildman–Crippen LogP) is 1.38. The minimum Gasteiger partial charge on any atom is -0.229 e. The van der Waals surface area contributed by atoms with Crippen molar-refractivity contribution in [2.24, 2.45) is 5.41 Å². The Hall–Kier alpha value is 0.300. The van der Waals surface area contributed by atoms with Gasteiger partial charge in [-0.15, -0.1) is 0 Å². The van der Waals surface area contributed by atoms with E-state index in [1.54, 1.807) is 0 Å². The second kappa shape index (κ2) is 3.81. The van der Waals surface area contributed by atoms with Gasteiger partial charge in [0.25, 0.3) is 0 Å². The van der Waals surface area contributed by atoms with Gasteiger partial charge in [-0.05, 0) is 5.41 Å². The first-order chi connectivity index (χ1) is 4.77. The fourth-order valence-electron chi connectivity index (χ4n) is 0.871. The Morgan fingerprint density at radius 1 is 1.27 bits per heavy atom. The first-order valence-corrected chi connectivity index (χ1v) is 6.03. The van der Waals surface area contributed by atoms with Crippen molar-refractivity contribution in [3.8, 4) is 0 Å². The largest absolute Gasteiger partial charge is 0.229 e. The van der Waals surface area contributed by atoms with Gasteiger partial charge in [-0.3, -0.25) is 0 Å². The first kappa shape index (κ1) is 11.3. The second-order valence-electron chi connectivity index (χ2n) is 3.88. The standard InChI is InChI=1S/C7H16O2S2/c1-7(2,3)6-11(8,9)5-4-10/h10H,4-6H2,1-3H3. The molecule has 11 heavy (non-hydrogen) atoms. The Balaban J connectivity index is 4.15. The Morgan fingerprint density at radius 2 is 1.73 bits per heavy atom. The third kappa shape index (κ3) is 6.69. The number of hydrogen-bond acceptors (Lipinski definition) is 3. The van der Waals surface area contributed by atoms with Crippen LogP contribution in [0.3, 0.4) is 0 Å². The third-order valence-electron chi connectivity index (χ3n) is 1.06. The van der Waals surface area contributed by atoms with Crippen LogP contribution in [0.25, 0.3) is 0 Å². The summed E-state index contributed by atoms with van der Waals surface area (Å²) in [5.41, 5.74) is -0.137. The van der Waals surface area contributed by atoms with Crippen molar-refractivity contribution < 1.29 is 8.42 Å². The van der Waals surface area contributed by atoms with Crippen molar-refractivity contribution in [2.75, 3.05) is 17.3 Å². The van der Waals surface area contributed by atoms with E-state index in [9.17, 15) is 8.42 Å². The van der Waals surface area contributed by atoms with Crippen molar-refractivity contribution in [2.45, 2.75) is 20.8 Å². The van der Waals surface area contributed by atoms with E-state index in [-0.39, 0.29) is 16.9 Å². The molecule has 0 fully saturated rings. The lowest BCUT2D eigenvalue weighted by Gasteiger charge is -2.17. The van der Waals surface area contributed by atoms with E-state index in [0.717, 1.165) is 0 Å². The normalized spacial score (nSPS) is 13.5. The maximum atomic E-state index is 11.2. The van der Waals surface area contributed by atoms with Gasteiger partial charge in [0, 0.05) is 5.75 Å². The average Bonchev–Trinajstić information content (AvgIpc) is 1.55. The molecule has 0 saturated heterocycles. The van der Waals surface area contributed by atoms with Gasteiger partial charge in [-0.2, -0.15) is 12.6 Å². The summed E-state index contributed by atoms with van der Waals surface area (Å²) in [6.07, 6.45) is 0. The van der Waals surface area contributed by atoms with E-state index in [2.05, 4.69) is 12.6 Å². The molecule has 0 aliphatic rings. The van der Waals surface area contributed by atoms with Gasteiger partial charge in [0.15, 0.2) is 9.84 Å². The highest BCUT2D eigenvalue weighted by Gasteiger charge is 2.20. The predicted molar refractivity (Wildman–Crippen MR) is 52.0 cm³/mol. The zero-order valence-corrected chi connectivity index (χ0v) is 9.00. The molecule has 0 bridgehead atoms. The van der Waals surface area contributed by atoms with Gasteiger partial charge in [0.05, 0.1) is 11.5 Å². The van der Waals surface area contributed by atoms with Crippen molar-refractivity contribution >= 4 is 22.5 Å². The molecular weight excluding hydrogens is 180 g/mol. The van der Waals surface area contributed by atoms with Crippen molar-refractivity contribution in [1.82, 2.24) is 0 Å². The molecule has 4 heteroatoms. The third-order valence-corrected chi connectivity index (χ3v) is 3.71. The van der Waals surface area contributed by atoms with Crippen LogP contribution in [-0.2, 0) is 9.84 Å². The van der Waals surface area contributed by atoms with Gasteiger partial charge in [-0.1, -0.05) is 20.8 Å². The summed E-state index contributed by atoms with van der Waals surface area (Å²) in [4.78, 5) is 0. The summed E-state index contributed by atoms with van der Waals surface area (Å²) in [6.45, 7) is 5.76. The van der Waals surface area contributed by atoms with Crippen LogP contribution >= 0.6 is 12.6 Å². The quantitative estimate of drug-likeness (QED) is 0.692. The van der Waals surface area contributed by atoms with Crippen molar-refractivity contribution in [3.63, 3.8) is 0 Å². The van der Waals surface area contributed by atoms with Crippen LogP contribution in [0.1, 0.15) is 20.8 Å². The molecule has 0 rings (SSSR count). The van der Waals surface area contributed by atoms with Gasteiger partial charge in [0.1, 0.15) is 0 Å². The summed E-state index contributed by atoms with van der Waals surface area (Å²) in [5, 5.41) is 0. The lowest BCUT2D eigenvalue weighted by molar-refractivity contribution is 0.462. The van der Waals surface area contributed by atoms with Crippen LogP contribution in [0, 0.1) is 5.41 Å². The zero-order chi connectivity index (χ0) is 9.12. The first-order valence-electron chi connectivity index (χ1n) is 3.58. The van der Waals surface area contributed by atoms with Crippen LogP contribution in [0.2, 0.25) is 0 Å². The van der Waals surface area contributed by atoms with Gasteiger partial charge in [0.2, 0.25) is 0 Å². The van der Waals surface area contributed by atoms with Crippen LogP contribution in [-0.4, -0.2) is 25.7 Å². The monoisotopic (exact) mass is 196 g/mol. The molecule has 0 aliphatic carbocycles. The summed E-state index contributed by atoms with van der Waals surface area (Å²) in [5.74, 6) is 0.854. The van der Waals surface area contributed by atoms with Gasteiger partial charge < -0.3 is 0 Å². The maximum Gasteiger partial charge on any atom is 0.151 e. The lowest BCUT2D eigenvalue weighted by atomic mass is 10.0. The zero-order valence-electron chi connectivity index (χ0n) is 7.29.